The van der Waals surface area contributed by atoms with Crippen molar-refractivity contribution in [2.24, 2.45) is 5.92 Å². The van der Waals surface area contributed by atoms with Gasteiger partial charge in [-0.05, 0) is 43.2 Å². The summed E-state index contributed by atoms with van der Waals surface area (Å²) in [6.07, 6.45) is 8.11. The predicted octanol–water partition coefficient (Wildman–Crippen LogP) is 5.04. The van der Waals surface area contributed by atoms with Crippen LogP contribution in [0.5, 0.6) is 0 Å². The Balaban J connectivity index is 1.35. The first-order chi connectivity index (χ1) is 15.3. The van der Waals surface area contributed by atoms with Crippen LogP contribution in [-0.2, 0) is 16.8 Å². The molecule has 174 valence electrons. The molecule has 2 aromatic rings. The van der Waals surface area contributed by atoms with Gasteiger partial charge in [0.25, 0.3) is 0 Å². The minimum absolute atomic E-state index is 0.0722. The molecular weight excluding hydrogens is 400 g/mol. The van der Waals surface area contributed by atoms with Gasteiger partial charge in [0, 0.05) is 25.2 Å². The second-order valence-electron chi connectivity index (χ2n) is 10.7. The summed E-state index contributed by atoms with van der Waals surface area (Å²) in [5.41, 5.74) is 2.37. The maximum atomic E-state index is 13.1. The summed E-state index contributed by atoms with van der Waals surface area (Å²) in [5.74, 6) is 1.63. The van der Waals surface area contributed by atoms with E-state index in [9.17, 15) is 4.79 Å². The first-order valence-corrected chi connectivity index (χ1v) is 12.2. The third-order valence-corrected chi connectivity index (χ3v) is 7.16. The van der Waals surface area contributed by atoms with E-state index < -0.39 is 0 Å². The minimum Gasteiger partial charge on any atom is -0.342 e. The minimum atomic E-state index is 0.0722. The van der Waals surface area contributed by atoms with Crippen molar-refractivity contribution in [3.63, 3.8) is 0 Å². The Morgan fingerprint density at radius 1 is 1.09 bits per heavy atom. The van der Waals surface area contributed by atoms with E-state index in [4.69, 9.17) is 4.52 Å². The highest BCUT2D eigenvalue weighted by molar-refractivity contribution is 5.79. The summed E-state index contributed by atoms with van der Waals surface area (Å²) in [6, 6.07) is 8.82. The summed E-state index contributed by atoms with van der Waals surface area (Å²) in [4.78, 5) is 22.1. The Morgan fingerprint density at radius 2 is 1.81 bits per heavy atom. The maximum Gasteiger partial charge on any atom is 0.241 e. The molecule has 32 heavy (non-hydrogen) atoms. The van der Waals surface area contributed by atoms with E-state index >= 15 is 0 Å². The topological polar surface area (TPSA) is 62.5 Å². The van der Waals surface area contributed by atoms with Crippen molar-refractivity contribution in [3.05, 3.63) is 35.7 Å². The van der Waals surface area contributed by atoms with Crippen molar-refractivity contribution in [1.29, 1.82) is 0 Å². The maximum absolute atomic E-state index is 13.1. The first-order valence-electron chi connectivity index (χ1n) is 12.2. The highest BCUT2D eigenvalue weighted by Crippen LogP contribution is 2.27. The molecule has 6 nitrogen and oxygen atoms in total. The van der Waals surface area contributed by atoms with E-state index in [2.05, 4.69) is 60.1 Å². The van der Waals surface area contributed by atoms with Crippen LogP contribution < -0.4 is 0 Å². The largest absolute Gasteiger partial charge is 0.342 e. The SMILES string of the molecule is CN(C(=O)C1CCCN(Cc2nc(-c3ccc(C(C)(C)C)cc3)no2)C1)C1CCCCC1. The number of nitrogens with zero attached hydrogens (tertiary/aromatic N) is 4. The van der Waals surface area contributed by atoms with E-state index in [1.807, 2.05) is 11.9 Å². The fraction of sp³-hybridized carbons (Fsp3) is 0.654. The standard InChI is InChI=1S/C26H38N4O2/c1-26(2,3)21-14-12-19(13-15-21)24-27-23(32-28-24)18-30-16-8-9-20(17-30)25(31)29(4)22-10-6-5-7-11-22/h12-15,20,22H,5-11,16-18H2,1-4H3. The van der Waals surface area contributed by atoms with E-state index in [0.717, 1.165) is 44.3 Å². The van der Waals surface area contributed by atoms with Crippen LogP contribution in [0.15, 0.2) is 28.8 Å². The van der Waals surface area contributed by atoms with E-state index in [1.54, 1.807) is 0 Å². The zero-order chi connectivity index (χ0) is 22.7. The molecule has 2 heterocycles. The molecule has 2 fully saturated rings. The van der Waals surface area contributed by atoms with Gasteiger partial charge >= 0.3 is 0 Å². The zero-order valence-electron chi connectivity index (χ0n) is 20.1. The van der Waals surface area contributed by atoms with Crippen molar-refractivity contribution >= 4 is 5.91 Å². The quantitative estimate of drug-likeness (QED) is 0.655. The van der Waals surface area contributed by atoms with Crippen molar-refractivity contribution < 1.29 is 9.32 Å². The molecule has 2 aliphatic rings. The number of amides is 1. The number of likely N-dealkylation sites (tertiary alicyclic amines) is 1. The number of hydrogen-bond acceptors (Lipinski definition) is 5. The van der Waals surface area contributed by atoms with Gasteiger partial charge < -0.3 is 9.42 Å². The first kappa shape index (κ1) is 23.0. The third kappa shape index (κ3) is 5.40. The second-order valence-corrected chi connectivity index (χ2v) is 10.7. The van der Waals surface area contributed by atoms with Crippen LogP contribution >= 0.6 is 0 Å². The van der Waals surface area contributed by atoms with Crippen LogP contribution in [0.25, 0.3) is 11.4 Å². The monoisotopic (exact) mass is 438 g/mol. The summed E-state index contributed by atoms with van der Waals surface area (Å²) in [7, 11) is 2.01. The second kappa shape index (κ2) is 9.74. The van der Waals surface area contributed by atoms with Crippen LogP contribution in [0, 0.1) is 5.92 Å². The fourth-order valence-electron chi connectivity index (χ4n) is 5.08. The number of carbonyl (C=O) groups excluding carboxylic acids is 1. The van der Waals surface area contributed by atoms with E-state index in [0.29, 0.717) is 30.2 Å². The average Bonchev–Trinajstić information content (AvgIpc) is 3.27. The van der Waals surface area contributed by atoms with Gasteiger partial charge in [0.2, 0.25) is 17.6 Å². The van der Waals surface area contributed by atoms with Gasteiger partial charge in [0.1, 0.15) is 0 Å². The Bertz CT molecular complexity index is 893. The van der Waals surface area contributed by atoms with Crippen molar-refractivity contribution in [2.75, 3.05) is 20.1 Å². The lowest BCUT2D eigenvalue weighted by Gasteiger charge is -2.37. The Morgan fingerprint density at radius 3 is 2.50 bits per heavy atom. The smallest absolute Gasteiger partial charge is 0.241 e. The number of carbonyl (C=O) groups is 1. The molecule has 0 N–H and O–H groups in total. The highest BCUT2D eigenvalue weighted by atomic mass is 16.5. The third-order valence-electron chi connectivity index (χ3n) is 7.16. The molecule has 4 rings (SSSR count). The Kier molecular flexibility index (Phi) is 6.99. The Hall–Kier alpha value is -2.21. The van der Waals surface area contributed by atoms with Crippen LogP contribution in [0.2, 0.25) is 0 Å². The van der Waals surface area contributed by atoms with Crippen LogP contribution in [0.3, 0.4) is 0 Å². The molecular formula is C26H38N4O2. The zero-order valence-corrected chi connectivity index (χ0v) is 20.1. The fourth-order valence-corrected chi connectivity index (χ4v) is 5.08. The molecule has 1 atom stereocenters. The molecule has 1 aromatic carbocycles. The van der Waals surface area contributed by atoms with Gasteiger partial charge in [0.05, 0.1) is 12.5 Å². The van der Waals surface area contributed by atoms with Gasteiger partial charge in [-0.25, -0.2) is 0 Å². The molecule has 0 bridgehead atoms. The van der Waals surface area contributed by atoms with Gasteiger partial charge in [0.15, 0.2) is 0 Å². The van der Waals surface area contributed by atoms with Gasteiger partial charge in [-0.1, -0.05) is 69.5 Å². The van der Waals surface area contributed by atoms with Gasteiger partial charge in [-0.3, -0.25) is 9.69 Å². The normalized spacial score (nSPS) is 20.9. The molecule has 0 spiro atoms. The lowest BCUT2D eigenvalue weighted by atomic mass is 9.87. The van der Waals surface area contributed by atoms with Crippen LogP contribution in [0.4, 0.5) is 0 Å². The number of benzene rings is 1. The Labute approximate surface area is 192 Å². The van der Waals surface area contributed by atoms with Gasteiger partial charge in [-0.2, -0.15) is 4.98 Å². The number of rotatable bonds is 5. The van der Waals surface area contributed by atoms with Crippen molar-refractivity contribution in [3.8, 4) is 11.4 Å². The average molecular weight is 439 g/mol. The number of piperidine rings is 1. The van der Waals surface area contributed by atoms with Gasteiger partial charge in [-0.15, -0.1) is 0 Å². The molecule has 1 aliphatic heterocycles. The molecule has 6 heteroatoms. The molecule has 1 saturated carbocycles. The molecule has 1 aliphatic carbocycles. The van der Waals surface area contributed by atoms with E-state index in [-0.39, 0.29) is 11.3 Å². The highest BCUT2D eigenvalue weighted by Gasteiger charge is 2.31. The predicted molar refractivity (Wildman–Crippen MR) is 126 cm³/mol. The summed E-state index contributed by atoms with van der Waals surface area (Å²) in [6.45, 7) is 8.96. The summed E-state index contributed by atoms with van der Waals surface area (Å²) >= 11 is 0. The van der Waals surface area contributed by atoms with Crippen molar-refractivity contribution in [2.45, 2.75) is 83.7 Å². The summed E-state index contributed by atoms with van der Waals surface area (Å²) < 4.78 is 5.56. The molecule has 1 amide bonds. The molecule has 1 saturated heterocycles. The van der Waals surface area contributed by atoms with Crippen LogP contribution in [-0.4, -0.2) is 52.0 Å². The molecule has 1 aromatic heterocycles. The molecule has 0 radical (unpaired) electrons. The van der Waals surface area contributed by atoms with Crippen LogP contribution in [0.1, 0.15) is 77.2 Å². The summed E-state index contributed by atoms with van der Waals surface area (Å²) in [5, 5.41) is 4.20. The number of aromatic nitrogens is 2. The lowest BCUT2D eigenvalue weighted by Crippen LogP contribution is -2.47. The lowest BCUT2D eigenvalue weighted by molar-refractivity contribution is -0.138. The van der Waals surface area contributed by atoms with E-state index in [1.165, 1.54) is 24.8 Å². The number of hydrogen-bond donors (Lipinski definition) is 0. The van der Waals surface area contributed by atoms with Crippen molar-refractivity contribution in [1.82, 2.24) is 19.9 Å². The molecule has 1 unspecified atom stereocenters.